The maximum atomic E-state index is 13.1. The second kappa shape index (κ2) is 8.62. The van der Waals surface area contributed by atoms with Gasteiger partial charge in [0.1, 0.15) is 6.04 Å². The van der Waals surface area contributed by atoms with Gasteiger partial charge in [0.25, 0.3) is 0 Å². The number of carbonyl (C=O) groups excluding carboxylic acids is 1. The minimum absolute atomic E-state index is 0.111. The van der Waals surface area contributed by atoms with Crippen LogP contribution in [-0.4, -0.2) is 30.3 Å². The van der Waals surface area contributed by atoms with Gasteiger partial charge in [-0.2, -0.15) is 4.72 Å². The Balaban J connectivity index is 1.64. The fourth-order valence-corrected chi connectivity index (χ4v) is 5.15. The average molecular weight is 455 g/mol. The van der Waals surface area contributed by atoms with Gasteiger partial charge in [-0.3, -0.25) is 4.79 Å². The number of aromatic amines is 1. The van der Waals surface area contributed by atoms with Crippen LogP contribution in [0.5, 0.6) is 0 Å². The van der Waals surface area contributed by atoms with Crippen molar-refractivity contribution in [3.05, 3.63) is 76.9 Å². The van der Waals surface area contributed by atoms with Crippen molar-refractivity contribution < 1.29 is 13.2 Å². The first-order valence-electron chi connectivity index (χ1n) is 9.69. The quantitative estimate of drug-likeness (QED) is 0.395. The Kier molecular flexibility index (Phi) is 5.90. The zero-order valence-electron chi connectivity index (χ0n) is 17.0. The van der Waals surface area contributed by atoms with Crippen LogP contribution in [-0.2, 0) is 21.2 Å². The van der Waals surface area contributed by atoms with Crippen molar-refractivity contribution in [3.8, 4) is 0 Å². The van der Waals surface area contributed by atoms with Crippen LogP contribution in [0.3, 0.4) is 0 Å². The van der Waals surface area contributed by atoms with Crippen molar-refractivity contribution in [2.75, 3.05) is 5.32 Å². The van der Waals surface area contributed by atoms with E-state index < -0.39 is 22.0 Å². The number of fused-ring (bicyclic) bond motifs is 1. The third-order valence-corrected chi connectivity index (χ3v) is 7.21. The van der Waals surface area contributed by atoms with Crippen molar-refractivity contribution in [1.29, 1.82) is 0 Å². The Morgan fingerprint density at radius 1 is 1.13 bits per heavy atom. The normalized spacial score (nSPS) is 12.7. The molecule has 2 aromatic heterocycles. The van der Waals surface area contributed by atoms with Crippen LogP contribution in [0.15, 0.2) is 65.8 Å². The standard InChI is InChI=1S/C22H22N4O3S2/c1-14-7-9-17(10-8-14)31(28,29)26-20(21(27)25-22-24-12-15(2)30-22)11-16-13-23-19-6-4-3-5-18(16)19/h3-10,12-13,20,23,26H,11H2,1-2H3,(H,24,25,27). The molecular formula is C22H22N4O3S2. The second-order valence-corrected chi connectivity index (χ2v) is 10.3. The van der Waals surface area contributed by atoms with Crippen LogP contribution >= 0.6 is 11.3 Å². The largest absolute Gasteiger partial charge is 0.361 e. The van der Waals surface area contributed by atoms with Crippen LogP contribution in [0.1, 0.15) is 16.0 Å². The molecule has 0 bridgehead atoms. The van der Waals surface area contributed by atoms with Gasteiger partial charge in [0.15, 0.2) is 5.13 Å². The molecule has 1 unspecified atom stereocenters. The van der Waals surface area contributed by atoms with Gasteiger partial charge in [-0.1, -0.05) is 35.9 Å². The van der Waals surface area contributed by atoms with Gasteiger partial charge in [-0.05, 0) is 44.0 Å². The molecule has 0 spiro atoms. The first-order chi connectivity index (χ1) is 14.8. The van der Waals surface area contributed by atoms with Crippen LogP contribution in [0.25, 0.3) is 10.9 Å². The number of sulfonamides is 1. The maximum absolute atomic E-state index is 13.1. The zero-order valence-corrected chi connectivity index (χ0v) is 18.7. The molecule has 9 heteroatoms. The number of anilines is 1. The predicted octanol–water partition coefficient (Wildman–Crippen LogP) is 3.77. The molecule has 4 aromatic rings. The van der Waals surface area contributed by atoms with Gasteiger partial charge >= 0.3 is 0 Å². The minimum Gasteiger partial charge on any atom is -0.361 e. The second-order valence-electron chi connectivity index (χ2n) is 7.32. The number of hydrogen-bond donors (Lipinski definition) is 3. The summed E-state index contributed by atoms with van der Waals surface area (Å²) >= 11 is 1.33. The molecule has 1 atom stereocenters. The van der Waals surface area contributed by atoms with E-state index >= 15 is 0 Å². The van der Waals surface area contributed by atoms with Gasteiger partial charge in [0.2, 0.25) is 15.9 Å². The number of aryl methyl sites for hydroxylation is 2. The minimum atomic E-state index is -3.90. The molecule has 0 fully saturated rings. The van der Waals surface area contributed by atoms with Crippen molar-refractivity contribution in [2.24, 2.45) is 0 Å². The molecule has 0 saturated carbocycles. The van der Waals surface area contributed by atoms with E-state index in [1.807, 2.05) is 38.1 Å². The first kappa shape index (κ1) is 21.2. The van der Waals surface area contributed by atoms with Gasteiger partial charge < -0.3 is 10.3 Å². The smallest absolute Gasteiger partial charge is 0.244 e. The molecule has 0 saturated heterocycles. The molecule has 0 aliphatic carbocycles. The summed E-state index contributed by atoms with van der Waals surface area (Å²) in [7, 11) is -3.90. The van der Waals surface area contributed by atoms with Gasteiger partial charge in [0.05, 0.1) is 4.90 Å². The summed E-state index contributed by atoms with van der Waals surface area (Å²) in [6.45, 7) is 3.77. The number of nitrogens with one attached hydrogen (secondary N) is 3. The van der Waals surface area contributed by atoms with Crippen molar-refractivity contribution in [2.45, 2.75) is 31.2 Å². The zero-order chi connectivity index (χ0) is 22.0. The molecule has 160 valence electrons. The topological polar surface area (TPSA) is 104 Å². The van der Waals surface area contributed by atoms with Gasteiger partial charge in [-0.15, -0.1) is 11.3 Å². The van der Waals surface area contributed by atoms with Crippen molar-refractivity contribution >= 4 is 43.3 Å². The van der Waals surface area contributed by atoms with E-state index in [-0.39, 0.29) is 11.3 Å². The summed E-state index contributed by atoms with van der Waals surface area (Å²) in [5.41, 5.74) is 2.72. The van der Waals surface area contributed by atoms with E-state index in [4.69, 9.17) is 0 Å². The van der Waals surface area contributed by atoms with Crippen LogP contribution in [0.2, 0.25) is 0 Å². The molecule has 2 heterocycles. The lowest BCUT2D eigenvalue weighted by molar-refractivity contribution is -0.117. The summed E-state index contributed by atoms with van der Waals surface area (Å²) in [5.74, 6) is -0.463. The highest BCUT2D eigenvalue weighted by atomic mass is 32.2. The highest BCUT2D eigenvalue weighted by Gasteiger charge is 2.27. The molecule has 31 heavy (non-hydrogen) atoms. The van der Waals surface area contributed by atoms with Crippen LogP contribution < -0.4 is 10.0 Å². The SMILES string of the molecule is Cc1ccc(S(=O)(=O)NC(Cc2c[nH]c3ccccc23)C(=O)Nc2ncc(C)s2)cc1. The number of hydrogen-bond acceptors (Lipinski definition) is 5. The Bertz CT molecular complexity index is 1320. The number of carbonyl (C=O) groups is 1. The van der Waals surface area contributed by atoms with E-state index in [0.717, 1.165) is 26.9 Å². The fraction of sp³-hybridized carbons (Fsp3) is 0.182. The van der Waals surface area contributed by atoms with Crippen LogP contribution in [0.4, 0.5) is 5.13 Å². The number of aromatic nitrogens is 2. The fourth-order valence-electron chi connectivity index (χ4n) is 3.29. The summed E-state index contributed by atoms with van der Waals surface area (Å²) in [5, 5.41) is 4.11. The van der Waals surface area contributed by atoms with Crippen molar-refractivity contribution in [3.63, 3.8) is 0 Å². The summed E-state index contributed by atoms with van der Waals surface area (Å²) in [6.07, 6.45) is 3.65. The Morgan fingerprint density at radius 2 is 1.87 bits per heavy atom. The van der Waals surface area contributed by atoms with E-state index in [1.54, 1.807) is 24.5 Å². The molecule has 2 aromatic carbocycles. The molecule has 4 rings (SSSR count). The molecular weight excluding hydrogens is 432 g/mol. The third-order valence-electron chi connectivity index (χ3n) is 4.90. The summed E-state index contributed by atoms with van der Waals surface area (Å²) in [4.78, 5) is 21.4. The third kappa shape index (κ3) is 4.84. The number of H-pyrrole nitrogens is 1. The lowest BCUT2D eigenvalue weighted by Crippen LogP contribution is -2.45. The summed E-state index contributed by atoms with van der Waals surface area (Å²) in [6, 6.07) is 13.2. The Hall–Kier alpha value is -3.01. The molecule has 1 amide bonds. The highest BCUT2D eigenvalue weighted by Crippen LogP contribution is 2.22. The molecule has 0 aliphatic rings. The maximum Gasteiger partial charge on any atom is 0.244 e. The predicted molar refractivity (Wildman–Crippen MR) is 123 cm³/mol. The molecule has 0 radical (unpaired) electrons. The number of rotatable bonds is 7. The van der Waals surface area contributed by atoms with E-state index in [0.29, 0.717) is 5.13 Å². The van der Waals surface area contributed by atoms with Crippen molar-refractivity contribution in [1.82, 2.24) is 14.7 Å². The van der Waals surface area contributed by atoms with Gasteiger partial charge in [-0.25, -0.2) is 13.4 Å². The molecule has 0 aliphatic heterocycles. The average Bonchev–Trinajstić information content (AvgIpc) is 3.33. The number of amides is 1. The lowest BCUT2D eigenvalue weighted by atomic mass is 10.1. The first-order valence-corrected chi connectivity index (χ1v) is 12.0. The Labute approximate surface area is 184 Å². The highest BCUT2D eigenvalue weighted by molar-refractivity contribution is 7.89. The number of nitrogens with zero attached hydrogens (tertiary/aromatic N) is 1. The lowest BCUT2D eigenvalue weighted by Gasteiger charge is -2.18. The van der Waals surface area contributed by atoms with Gasteiger partial charge in [0, 0.05) is 28.2 Å². The van der Waals surface area contributed by atoms with Crippen LogP contribution in [0, 0.1) is 13.8 Å². The van der Waals surface area contributed by atoms with E-state index in [2.05, 4.69) is 20.0 Å². The molecule has 3 N–H and O–H groups in total. The van der Waals surface area contributed by atoms with E-state index in [1.165, 1.54) is 23.5 Å². The van der Waals surface area contributed by atoms with E-state index in [9.17, 15) is 13.2 Å². The summed E-state index contributed by atoms with van der Waals surface area (Å²) < 4.78 is 28.6. The Morgan fingerprint density at radius 3 is 2.58 bits per heavy atom. The number of thiazole rings is 1. The monoisotopic (exact) mass is 454 g/mol. The molecule has 7 nitrogen and oxygen atoms in total. The number of benzene rings is 2. The number of para-hydroxylation sites is 1.